The zero-order valence-electron chi connectivity index (χ0n) is 12.1. The van der Waals surface area contributed by atoms with Crippen LogP contribution in [-0.4, -0.2) is 57.1 Å². The average molecular weight is 303 g/mol. The van der Waals surface area contributed by atoms with Gasteiger partial charge in [0.25, 0.3) is 0 Å². The molecule has 0 aromatic carbocycles. The van der Waals surface area contributed by atoms with Gasteiger partial charge in [0.05, 0.1) is 6.26 Å². The van der Waals surface area contributed by atoms with Gasteiger partial charge in [-0.2, -0.15) is 0 Å². The topological polar surface area (TPSA) is 78.5 Å². The Morgan fingerprint density at radius 1 is 1.40 bits per heavy atom. The molecule has 2 aliphatic heterocycles. The summed E-state index contributed by atoms with van der Waals surface area (Å²) in [7, 11) is -3.15. The zero-order chi connectivity index (χ0) is 14.6. The monoisotopic (exact) mass is 303 g/mol. The Balaban J connectivity index is 1.73. The molecule has 0 aromatic heterocycles. The minimum Gasteiger partial charge on any atom is -0.352 e. The number of hydrogen-bond acceptors (Lipinski definition) is 4. The summed E-state index contributed by atoms with van der Waals surface area (Å²) in [5.74, 6) is 0.664. The van der Waals surface area contributed by atoms with E-state index in [0.717, 1.165) is 38.8 Å². The highest BCUT2D eigenvalue weighted by Gasteiger charge is 2.26. The Kier molecular flexibility index (Phi) is 5.40. The van der Waals surface area contributed by atoms with Crippen LogP contribution in [0, 0.1) is 5.92 Å². The molecule has 0 radical (unpaired) electrons. The van der Waals surface area contributed by atoms with E-state index in [-0.39, 0.29) is 11.9 Å². The molecule has 0 bridgehead atoms. The minimum absolute atomic E-state index is 0.0346. The van der Waals surface area contributed by atoms with Crippen LogP contribution in [0.5, 0.6) is 0 Å². The van der Waals surface area contributed by atoms with Crippen molar-refractivity contribution in [3.05, 3.63) is 0 Å². The van der Waals surface area contributed by atoms with Gasteiger partial charge >= 0.3 is 0 Å². The molecule has 2 rings (SSSR count). The fourth-order valence-electron chi connectivity index (χ4n) is 2.96. The van der Waals surface area contributed by atoms with Crippen LogP contribution in [0.15, 0.2) is 0 Å². The zero-order valence-corrected chi connectivity index (χ0v) is 12.9. The predicted octanol–water partition coefficient (Wildman–Crippen LogP) is -0.0837. The summed E-state index contributed by atoms with van der Waals surface area (Å²) in [5.41, 5.74) is 0. The largest absolute Gasteiger partial charge is 0.352 e. The summed E-state index contributed by atoms with van der Waals surface area (Å²) in [6.45, 7) is 3.05. The molecular weight excluding hydrogens is 278 g/mol. The van der Waals surface area contributed by atoms with E-state index < -0.39 is 10.0 Å². The molecule has 2 N–H and O–H groups in total. The first-order valence-corrected chi connectivity index (χ1v) is 9.25. The number of amides is 1. The normalized spacial score (nSPS) is 28.4. The number of nitrogens with one attached hydrogen (secondary N) is 2. The van der Waals surface area contributed by atoms with E-state index in [4.69, 9.17) is 0 Å². The molecule has 7 heteroatoms. The predicted molar refractivity (Wildman–Crippen MR) is 77.8 cm³/mol. The van der Waals surface area contributed by atoms with Crippen molar-refractivity contribution in [2.45, 2.75) is 38.1 Å². The fourth-order valence-corrected chi connectivity index (χ4v) is 3.87. The smallest absolute Gasteiger partial charge is 0.220 e. The minimum atomic E-state index is -3.15. The van der Waals surface area contributed by atoms with E-state index in [2.05, 4.69) is 10.6 Å². The quantitative estimate of drug-likeness (QED) is 0.744. The van der Waals surface area contributed by atoms with Crippen molar-refractivity contribution in [2.24, 2.45) is 5.92 Å². The molecule has 0 saturated carbocycles. The summed E-state index contributed by atoms with van der Waals surface area (Å²) in [5, 5.41) is 6.27. The van der Waals surface area contributed by atoms with Crippen LogP contribution < -0.4 is 10.6 Å². The third-order valence-corrected chi connectivity index (χ3v) is 5.43. The van der Waals surface area contributed by atoms with Gasteiger partial charge in [-0.25, -0.2) is 12.7 Å². The van der Waals surface area contributed by atoms with Crippen molar-refractivity contribution >= 4 is 15.9 Å². The van der Waals surface area contributed by atoms with E-state index in [1.807, 2.05) is 0 Å². The van der Waals surface area contributed by atoms with Crippen LogP contribution in [0.2, 0.25) is 0 Å². The number of carbonyl (C=O) groups is 1. The summed E-state index contributed by atoms with van der Waals surface area (Å²) in [6, 6.07) is -0.0346. The van der Waals surface area contributed by atoms with Gasteiger partial charge in [-0.15, -0.1) is 0 Å². The van der Waals surface area contributed by atoms with Gasteiger partial charge in [0.2, 0.25) is 15.9 Å². The maximum atomic E-state index is 11.9. The molecule has 2 unspecified atom stereocenters. The molecule has 116 valence electrons. The molecular formula is C13H25N3O3S. The van der Waals surface area contributed by atoms with E-state index in [1.165, 1.54) is 10.6 Å². The number of hydrogen-bond donors (Lipinski definition) is 2. The Bertz CT molecular complexity index is 432. The van der Waals surface area contributed by atoms with Crippen LogP contribution in [0.4, 0.5) is 0 Å². The standard InChI is InChI=1S/C13H25N3O3S/c1-20(18,19)16-8-2-3-12(10-16)15-13(17)5-4-11-6-7-14-9-11/h11-12,14H,2-10H2,1H3,(H,15,17). The molecule has 2 aliphatic rings. The Morgan fingerprint density at radius 2 is 2.20 bits per heavy atom. The number of rotatable bonds is 5. The average Bonchev–Trinajstić information content (AvgIpc) is 2.89. The molecule has 0 aromatic rings. The maximum absolute atomic E-state index is 11.9. The van der Waals surface area contributed by atoms with Crippen molar-refractivity contribution < 1.29 is 13.2 Å². The molecule has 2 atom stereocenters. The lowest BCUT2D eigenvalue weighted by Crippen LogP contribution is -2.49. The van der Waals surface area contributed by atoms with Gasteiger partial charge in [0.15, 0.2) is 0 Å². The van der Waals surface area contributed by atoms with Gasteiger partial charge < -0.3 is 10.6 Å². The lowest BCUT2D eigenvalue weighted by atomic mass is 10.0. The molecule has 6 nitrogen and oxygen atoms in total. The summed E-state index contributed by atoms with van der Waals surface area (Å²) < 4.78 is 24.5. The molecule has 1 amide bonds. The van der Waals surface area contributed by atoms with Crippen LogP contribution in [0.25, 0.3) is 0 Å². The summed E-state index contributed by atoms with van der Waals surface area (Å²) in [6.07, 6.45) is 5.51. The van der Waals surface area contributed by atoms with Crippen molar-refractivity contribution in [1.29, 1.82) is 0 Å². The first kappa shape index (κ1) is 15.7. The first-order chi connectivity index (χ1) is 9.45. The number of sulfonamides is 1. The van der Waals surface area contributed by atoms with Crippen LogP contribution in [-0.2, 0) is 14.8 Å². The summed E-state index contributed by atoms with van der Waals surface area (Å²) in [4.78, 5) is 11.9. The van der Waals surface area contributed by atoms with Crippen molar-refractivity contribution in [1.82, 2.24) is 14.9 Å². The Morgan fingerprint density at radius 3 is 2.85 bits per heavy atom. The van der Waals surface area contributed by atoms with Crippen LogP contribution >= 0.6 is 0 Å². The lowest BCUT2D eigenvalue weighted by Gasteiger charge is -2.31. The van der Waals surface area contributed by atoms with Crippen LogP contribution in [0.3, 0.4) is 0 Å². The van der Waals surface area contributed by atoms with Gasteiger partial charge in [-0.05, 0) is 44.7 Å². The van der Waals surface area contributed by atoms with Gasteiger partial charge in [0.1, 0.15) is 0 Å². The highest BCUT2D eigenvalue weighted by molar-refractivity contribution is 7.88. The van der Waals surface area contributed by atoms with Crippen molar-refractivity contribution in [3.63, 3.8) is 0 Å². The second-order valence-electron chi connectivity index (χ2n) is 5.93. The van der Waals surface area contributed by atoms with Crippen LogP contribution in [0.1, 0.15) is 32.1 Å². The SMILES string of the molecule is CS(=O)(=O)N1CCCC(NC(=O)CCC2CCNC2)C1. The van der Waals surface area contributed by atoms with Gasteiger partial charge in [-0.1, -0.05) is 0 Å². The van der Waals surface area contributed by atoms with E-state index in [9.17, 15) is 13.2 Å². The molecule has 0 aliphatic carbocycles. The Hall–Kier alpha value is -0.660. The maximum Gasteiger partial charge on any atom is 0.220 e. The second-order valence-corrected chi connectivity index (χ2v) is 7.91. The molecule has 2 saturated heterocycles. The highest BCUT2D eigenvalue weighted by atomic mass is 32.2. The molecule has 0 spiro atoms. The fraction of sp³-hybridized carbons (Fsp3) is 0.923. The molecule has 2 heterocycles. The van der Waals surface area contributed by atoms with E-state index in [0.29, 0.717) is 25.4 Å². The second kappa shape index (κ2) is 6.87. The Labute approximate surface area is 121 Å². The van der Waals surface area contributed by atoms with Gasteiger partial charge in [0, 0.05) is 25.6 Å². The highest BCUT2D eigenvalue weighted by Crippen LogP contribution is 2.16. The van der Waals surface area contributed by atoms with E-state index >= 15 is 0 Å². The number of carbonyl (C=O) groups excluding carboxylic acids is 1. The molecule has 2 fully saturated rings. The summed E-state index contributed by atoms with van der Waals surface area (Å²) >= 11 is 0. The first-order valence-electron chi connectivity index (χ1n) is 7.40. The number of nitrogens with zero attached hydrogens (tertiary/aromatic N) is 1. The number of piperidine rings is 1. The van der Waals surface area contributed by atoms with E-state index in [1.54, 1.807) is 0 Å². The lowest BCUT2D eigenvalue weighted by molar-refractivity contribution is -0.122. The third kappa shape index (κ3) is 4.71. The van der Waals surface area contributed by atoms with Crippen molar-refractivity contribution in [3.8, 4) is 0 Å². The third-order valence-electron chi connectivity index (χ3n) is 4.16. The van der Waals surface area contributed by atoms with Crippen molar-refractivity contribution in [2.75, 3.05) is 32.4 Å². The van der Waals surface area contributed by atoms with Gasteiger partial charge in [-0.3, -0.25) is 4.79 Å². The molecule has 20 heavy (non-hydrogen) atoms.